The van der Waals surface area contributed by atoms with Crippen molar-refractivity contribution in [3.63, 3.8) is 0 Å². The van der Waals surface area contributed by atoms with E-state index in [1.165, 1.54) is 24.4 Å². The van der Waals surface area contributed by atoms with E-state index >= 15 is 0 Å². The summed E-state index contributed by atoms with van der Waals surface area (Å²) in [5.41, 5.74) is 1.23. The number of hydrogen-bond acceptors (Lipinski definition) is 6. The van der Waals surface area contributed by atoms with Gasteiger partial charge in [-0.25, -0.2) is 9.78 Å². The summed E-state index contributed by atoms with van der Waals surface area (Å²) in [5.74, 6) is -2.20. The number of imide groups is 1. The number of benzene rings is 1. The van der Waals surface area contributed by atoms with Gasteiger partial charge in [0.2, 0.25) is 0 Å². The lowest BCUT2D eigenvalue weighted by Crippen LogP contribution is -2.33. The number of pyridine rings is 1. The van der Waals surface area contributed by atoms with E-state index in [0.29, 0.717) is 5.06 Å². The number of hydrogen-bond donors (Lipinski definition) is 0. The molecule has 1 aromatic carbocycles. The Bertz CT molecular complexity index is 764. The fourth-order valence-electron chi connectivity index (χ4n) is 2.15. The smallest absolute Gasteiger partial charge is 0.376 e. The monoisotopic (exact) mass is 311 g/mol. The third kappa shape index (κ3) is 2.52. The third-order valence-electron chi connectivity index (χ3n) is 3.40. The van der Waals surface area contributed by atoms with Crippen molar-refractivity contribution in [1.29, 1.82) is 0 Å². The van der Waals surface area contributed by atoms with Gasteiger partial charge in [-0.3, -0.25) is 9.59 Å². The van der Waals surface area contributed by atoms with Gasteiger partial charge in [0, 0.05) is 14.1 Å². The topological polar surface area (TPSA) is 79.8 Å². The Balaban J connectivity index is 1.79. The molecule has 0 atom stereocenters. The van der Waals surface area contributed by atoms with Crippen molar-refractivity contribution in [2.45, 2.75) is 0 Å². The Morgan fingerprint density at radius 1 is 1.04 bits per heavy atom. The predicted octanol–water partition coefficient (Wildman–Crippen LogP) is 1.52. The lowest BCUT2D eigenvalue weighted by molar-refractivity contribution is -0.0588. The van der Waals surface area contributed by atoms with E-state index in [0.717, 1.165) is 5.69 Å². The van der Waals surface area contributed by atoms with Crippen LogP contribution in [0.15, 0.2) is 42.6 Å². The first kappa shape index (κ1) is 14.7. The van der Waals surface area contributed by atoms with Crippen LogP contribution in [-0.2, 0) is 4.84 Å². The standard InChI is InChI=1S/C16H13N3O4/c1-18(2)10-7-8-13(17-9-10)16(22)23-19-14(20)11-5-3-4-6-12(11)15(19)21/h3-9H,1-2H3. The summed E-state index contributed by atoms with van der Waals surface area (Å²) >= 11 is 0. The Labute approximate surface area is 132 Å². The summed E-state index contributed by atoms with van der Waals surface area (Å²) in [6.07, 6.45) is 1.50. The van der Waals surface area contributed by atoms with E-state index in [2.05, 4.69) is 4.98 Å². The Kier molecular flexibility index (Phi) is 3.53. The number of rotatable bonds is 3. The third-order valence-corrected chi connectivity index (χ3v) is 3.40. The molecule has 1 aliphatic rings. The van der Waals surface area contributed by atoms with Gasteiger partial charge in [0.1, 0.15) is 0 Å². The molecule has 0 unspecified atom stereocenters. The highest BCUT2D eigenvalue weighted by Gasteiger charge is 2.38. The van der Waals surface area contributed by atoms with Crippen LogP contribution in [0.2, 0.25) is 0 Å². The van der Waals surface area contributed by atoms with E-state index in [1.807, 2.05) is 19.0 Å². The summed E-state index contributed by atoms with van der Waals surface area (Å²) in [5, 5.41) is 0.467. The van der Waals surface area contributed by atoms with Crippen molar-refractivity contribution in [3.8, 4) is 0 Å². The van der Waals surface area contributed by atoms with Gasteiger partial charge in [-0.1, -0.05) is 17.2 Å². The fraction of sp³-hybridized carbons (Fsp3) is 0.125. The molecule has 2 amide bonds. The van der Waals surface area contributed by atoms with E-state index in [9.17, 15) is 14.4 Å². The highest BCUT2D eigenvalue weighted by Crippen LogP contribution is 2.23. The maximum atomic E-state index is 12.1. The van der Waals surface area contributed by atoms with E-state index < -0.39 is 17.8 Å². The van der Waals surface area contributed by atoms with Crippen LogP contribution < -0.4 is 4.90 Å². The van der Waals surface area contributed by atoms with Gasteiger partial charge in [-0.05, 0) is 24.3 Å². The molecule has 0 N–H and O–H groups in total. The lowest BCUT2D eigenvalue weighted by Gasteiger charge is -2.14. The van der Waals surface area contributed by atoms with Gasteiger partial charge in [-0.2, -0.15) is 0 Å². The van der Waals surface area contributed by atoms with Crippen molar-refractivity contribution < 1.29 is 19.2 Å². The van der Waals surface area contributed by atoms with E-state index in [-0.39, 0.29) is 16.8 Å². The second kappa shape index (κ2) is 5.53. The number of carbonyl (C=O) groups excluding carboxylic acids is 3. The highest BCUT2D eigenvalue weighted by molar-refractivity contribution is 6.21. The largest absolute Gasteiger partial charge is 0.382 e. The zero-order valence-corrected chi connectivity index (χ0v) is 12.5. The average molecular weight is 311 g/mol. The number of amides is 2. The molecule has 1 aliphatic heterocycles. The van der Waals surface area contributed by atoms with Gasteiger partial charge < -0.3 is 9.74 Å². The second-order valence-electron chi connectivity index (χ2n) is 5.13. The molecule has 0 saturated heterocycles. The van der Waals surface area contributed by atoms with Crippen LogP contribution in [0.25, 0.3) is 0 Å². The van der Waals surface area contributed by atoms with Crippen LogP contribution in [0.3, 0.4) is 0 Å². The minimum Gasteiger partial charge on any atom is -0.376 e. The van der Waals surface area contributed by atoms with E-state index in [1.54, 1.807) is 18.2 Å². The highest BCUT2D eigenvalue weighted by atomic mass is 16.7. The second-order valence-corrected chi connectivity index (χ2v) is 5.13. The first-order chi connectivity index (χ1) is 11.0. The first-order valence-electron chi connectivity index (χ1n) is 6.82. The zero-order valence-electron chi connectivity index (χ0n) is 12.5. The number of fused-ring (bicyclic) bond motifs is 1. The first-order valence-corrected chi connectivity index (χ1v) is 6.82. The predicted molar refractivity (Wildman–Crippen MR) is 80.9 cm³/mol. The quantitative estimate of drug-likeness (QED) is 0.800. The van der Waals surface area contributed by atoms with Crippen molar-refractivity contribution in [1.82, 2.24) is 10.0 Å². The molecule has 1 aromatic heterocycles. The zero-order chi connectivity index (χ0) is 16.6. The molecule has 7 heteroatoms. The summed E-state index contributed by atoms with van der Waals surface area (Å²) in [6, 6.07) is 9.44. The Morgan fingerprint density at radius 3 is 2.13 bits per heavy atom. The van der Waals surface area contributed by atoms with Crippen LogP contribution in [0.1, 0.15) is 31.2 Å². The molecule has 23 heavy (non-hydrogen) atoms. The van der Waals surface area contributed by atoms with Crippen LogP contribution in [0, 0.1) is 0 Å². The molecule has 116 valence electrons. The molecular formula is C16H13N3O4. The normalized spacial score (nSPS) is 13.0. The van der Waals surface area contributed by atoms with Gasteiger partial charge in [-0.15, -0.1) is 0 Å². The van der Waals surface area contributed by atoms with Gasteiger partial charge in [0.05, 0.1) is 23.0 Å². The molecule has 2 heterocycles. The molecule has 0 aliphatic carbocycles. The van der Waals surface area contributed by atoms with Crippen LogP contribution in [0.5, 0.6) is 0 Å². The van der Waals surface area contributed by atoms with Crippen molar-refractivity contribution in [3.05, 3.63) is 59.4 Å². The van der Waals surface area contributed by atoms with Gasteiger partial charge in [0.25, 0.3) is 11.8 Å². The molecule has 0 bridgehead atoms. The van der Waals surface area contributed by atoms with Crippen LogP contribution in [0.4, 0.5) is 5.69 Å². The molecular weight excluding hydrogens is 298 g/mol. The van der Waals surface area contributed by atoms with Crippen LogP contribution >= 0.6 is 0 Å². The number of nitrogens with zero attached hydrogens (tertiary/aromatic N) is 3. The van der Waals surface area contributed by atoms with Gasteiger partial charge >= 0.3 is 5.97 Å². The fourth-order valence-corrected chi connectivity index (χ4v) is 2.15. The summed E-state index contributed by atoms with van der Waals surface area (Å²) in [4.78, 5) is 47.0. The van der Waals surface area contributed by atoms with Crippen LogP contribution in [-0.4, -0.2) is 41.9 Å². The molecule has 2 aromatic rings. The molecule has 0 saturated carbocycles. The van der Waals surface area contributed by atoms with Crippen molar-refractivity contribution in [2.24, 2.45) is 0 Å². The molecule has 0 fully saturated rings. The molecule has 0 spiro atoms. The minimum absolute atomic E-state index is 0.00663. The lowest BCUT2D eigenvalue weighted by atomic mass is 10.1. The summed E-state index contributed by atoms with van der Waals surface area (Å²) in [7, 11) is 3.68. The maximum Gasteiger partial charge on any atom is 0.382 e. The van der Waals surface area contributed by atoms with E-state index in [4.69, 9.17) is 4.84 Å². The summed E-state index contributed by atoms with van der Waals surface area (Å²) in [6.45, 7) is 0. The molecule has 0 radical (unpaired) electrons. The summed E-state index contributed by atoms with van der Waals surface area (Å²) < 4.78 is 0. The minimum atomic E-state index is -0.871. The number of anilines is 1. The number of aromatic nitrogens is 1. The van der Waals surface area contributed by atoms with Crippen molar-refractivity contribution in [2.75, 3.05) is 19.0 Å². The number of carbonyl (C=O) groups is 3. The molecule has 3 rings (SSSR count). The van der Waals surface area contributed by atoms with Crippen molar-refractivity contribution >= 4 is 23.5 Å². The molecule has 7 nitrogen and oxygen atoms in total. The van der Waals surface area contributed by atoms with Gasteiger partial charge in [0.15, 0.2) is 5.69 Å². The SMILES string of the molecule is CN(C)c1ccc(C(=O)ON2C(=O)c3ccccc3C2=O)nc1. The number of hydroxylamine groups is 2. The maximum absolute atomic E-state index is 12.1. The Morgan fingerprint density at radius 2 is 1.65 bits per heavy atom. The average Bonchev–Trinajstić information content (AvgIpc) is 2.80. The Hall–Kier alpha value is -3.22.